The fourth-order valence-corrected chi connectivity index (χ4v) is 2.51. The first-order valence-corrected chi connectivity index (χ1v) is 8.42. The van der Waals surface area contributed by atoms with Gasteiger partial charge in [-0.15, -0.1) is 0 Å². The number of hydrogen-bond acceptors (Lipinski definition) is 4. The van der Waals surface area contributed by atoms with Gasteiger partial charge in [-0.2, -0.15) is 10.5 Å². The van der Waals surface area contributed by atoms with Crippen molar-refractivity contribution in [2.24, 2.45) is 0 Å². The van der Waals surface area contributed by atoms with Crippen LogP contribution in [-0.4, -0.2) is 0 Å². The summed E-state index contributed by atoms with van der Waals surface area (Å²) < 4.78 is 5.89. The lowest BCUT2D eigenvalue weighted by molar-refractivity contribution is 0.306. The third-order valence-corrected chi connectivity index (χ3v) is 3.92. The highest BCUT2D eigenvalue weighted by Crippen LogP contribution is 2.25. The van der Waals surface area contributed by atoms with Crippen LogP contribution < -0.4 is 10.1 Å². The van der Waals surface area contributed by atoms with Gasteiger partial charge in [0.1, 0.15) is 30.1 Å². The van der Waals surface area contributed by atoms with Gasteiger partial charge in [0.05, 0.1) is 0 Å². The topological polar surface area (TPSA) is 68.8 Å². The van der Waals surface area contributed by atoms with E-state index in [9.17, 15) is 0 Å². The van der Waals surface area contributed by atoms with Crippen molar-refractivity contribution < 1.29 is 4.74 Å². The van der Waals surface area contributed by atoms with E-state index < -0.39 is 0 Å². The van der Waals surface area contributed by atoms with Crippen LogP contribution in [0.4, 0.5) is 5.69 Å². The maximum atomic E-state index is 8.75. The number of nitriles is 2. The Morgan fingerprint density at radius 2 is 1.59 bits per heavy atom. The number of hydrogen-bond donors (Lipinski definition) is 1. The summed E-state index contributed by atoms with van der Waals surface area (Å²) in [7, 11) is 0. The Labute approximate surface area is 158 Å². The normalized spacial score (nSPS) is 9.56. The minimum absolute atomic E-state index is 0.0299. The van der Waals surface area contributed by atoms with Crippen molar-refractivity contribution in [1.82, 2.24) is 0 Å². The second kappa shape index (κ2) is 8.89. The molecule has 4 nitrogen and oxygen atoms in total. The van der Waals surface area contributed by atoms with Crippen molar-refractivity contribution in [3.05, 3.63) is 96.2 Å². The van der Waals surface area contributed by atoms with Crippen LogP contribution in [0.5, 0.6) is 5.75 Å². The Morgan fingerprint density at radius 1 is 0.852 bits per heavy atom. The number of benzene rings is 3. The third-order valence-electron chi connectivity index (χ3n) is 3.92. The second-order valence-corrected chi connectivity index (χ2v) is 5.81. The van der Waals surface area contributed by atoms with E-state index in [1.165, 1.54) is 6.20 Å². The Balaban J connectivity index is 1.69. The maximum absolute atomic E-state index is 8.75. The monoisotopic (exact) mass is 351 g/mol. The number of nitrogens with one attached hydrogen (secondary N) is 1. The SMILES string of the molecule is N#CC(C#N)=CNc1ccc(-c2cccc(OCc3ccccc3)c2)cc1. The van der Waals surface area contributed by atoms with Gasteiger partial charge in [0.15, 0.2) is 0 Å². The summed E-state index contributed by atoms with van der Waals surface area (Å²) >= 11 is 0. The number of nitrogens with zero attached hydrogens (tertiary/aromatic N) is 2. The molecule has 0 bridgehead atoms. The Hall–Kier alpha value is -4.02. The zero-order valence-corrected chi connectivity index (χ0v) is 14.6. The molecular weight excluding hydrogens is 334 g/mol. The number of anilines is 1. The molecule has 0 radical (unpaired) electrons. The molecule has 0 saturated heterocycles. The highest BCUT2D eigenvalue weighted by molar-refractivity contribution is 5.67. The summed E-state index contributed by atoms with van der Waals surface area (Å²) in [5.41, 5.74) is 4.06. The van der Waals surface area contributed by atoms with E-state index >= 15 is 0 Å². The van der Waals surface area contributed by atoms with Crippen LogP contribution in [0.1, 0.15) is 5.56 Å². The number of rotatable bonds is 6. The van der Waals surface area contributed by atoms with Gasteiger partial charge in [0, 0.05) is 11.9 Å². The largest absolute Gasteiger partial charge is 0.489 e. The minimum Gasteiger partial charge on any atom is -0.489 e. The van der Waals surface area contributed by atoms with E-state index in [1.54, 1.807) is 0 Å². The molecule has 0 heterocycles. The summed E-state index contributed by atoms with van der Waals surface area (Å²) in [4.78, 5) is 0. The smallest absolute Gasteiger partial charge is 0.145 e. The van der Waals surface area contributed by atoms with E-state index in [2.05, 4.69) is 5.32 Å². The first-order chi connectivity index (χ1) is 13.3. The summed E-state index contributed by atoms with van der Waals surface area (Å²) in [6.45, 7) is 0.527. The lowest BCUT2D eigenvalue weighted by Crippen LogP contribution is -1.95. The van der Waals surface area contributed by atoms with Crippen molar-refractivity contribution >= 4 is 5.69 Å². The van der Waals surface area contributed by atoms with Gasteiger partial charge in [0.2, 0.25) is 0 Å². The van der Waals surface area contributed by atoms with Crippen LogP contribution in [0, 0.1) is 22.7 Å². The standard InChI is InChI=1S/C23H17N3O/c24-14-19(15-25)16-26-22-11-9-20(10-12-22)21-7-4-8-23(13-21)27-17-18-5-2-1-3-6-18/h1-13,16,26H,17H2. The van der Waals surface area contributed by atoms with Crippen molar-refractivity contribution in [2.75, 3.05) is 5.32 Å². The molecule has 0 amide bonds. The van der Waals surface area contributed by atoms with E-state index in [4.69, 9.17) is 15.3 Å². The van der Waals surface area contributed by atoms with Crippen LogP contribution in [0.15, 0.2) is 90.6 Å². The molecule has 3 aromatic rings. The third kappa shape index (κ3) is 4.98. The second-order valence-electron chi connectivity index (χ2n) is 5.81. The molecule has 0 saturated carbocycles. The average Bonchev–Trinajstić information content (AvgIpc) is 2.74. The van der Waals surface area contributed by atoms with Crippen LogP contribution in [0.2, 0.25) is 0 Å². The molecule has 4 heteroatoms. The zero-order valence-electron chi connectivity index (χ0n) is 14.6. The van der Waals surface area contributed by atoms with Gasteiger partial charge in [-0.05, 0) is 41.0 Å². The molecule has 130 valence electrons. The molecule has 3 aromatic carbocycles. The molecule has 0 aliphatic carbocycles. The summed E-state index contributed by atoms with van der Waals surface area (Å²) in [6, 6.07) is 29.4. The van der Waals surface area contributed by atoms with E-state index in [1.807, 2.05) is 91.0 Å². The molecular formula is C23H17N3O. The van der Waals surface area contributed by atoms with Crippen LogP contribution in [-0.2, 0) is 6.61 Å². The molecule has 27 heavy (non-hydrogen) atoms. The molecule has 3 rings (SSSR count). The highest BCUT2D eigenvalue weighted by Gasteiger charge is 2.02. The first kappa shape index (κ1) is 17.8. The molecule has 0 aromatic heterocycles. The quantitative estimate of drug-likeness (QED) is 0.614. The zero-order chi connectivity index (χ0) is 18.9. The summed E-state index contributed by atoms with van der Waals surface area (Å²) in [5, 5.41) is 20.4. The number of ether oxygens (including phenoxy) is 1. The van der Waals surface area contributed by atoms with Crippen LogP contribution >= 0.6 is 0 Å². The Morgan fingerprint density at radius 3 is 2.30 bits per heavy atom. The predicted molar refractivity (Wildman–Crippen MR) is 106 cm³/mol. The van der Waals surface area contributed by atoms with Crippen LogP contribution in [0.3, 0.4) is 0 Å². The molecule has 1 N–H and O–H groups in total. The Bertz CT molecular complexity index is 994. The predicted octanol–water partition coefficient (Wildman–Crippen LogP) is 5.28. The molecule has 0 atom stereocenters. The van der Waals surface area contributed by atoms with Gasteiger partial charge < -0.3 is 10.1 Å². The van der Waals surface area contributed by atoms with Crippen molar-refractivity contribution in [3.63, 3.8) is 0 Å². The lowest BCUT2D eigenvalue weighted by atomic mass is 10.1. The fourth-order valence-electron chi connectivity index (χ4n) is 2.51. The summed E-state index contributed by atoms with van der Waals surface area (Å²) in [5.74, 6) is 0.814. The van der Waals surface area contributed by atoms with Gasteiger partial charge in [-0.3, -0.25) is 0 Å². The summed E-state index contributed by atoms with van der Waals surface area (Å²) in [6.07, 6.45) is 1.40. The number of allylic oxidation sites excluding steroid dienone is 1. The fraction of sp³-hybridized carbons (Fsp3) is 0.0435. The molecule has 0 aliphatic heterocycles. The van der Waals surface area contributed by atoms with Gasteiger partial charge in [-0.1, -0.05) is 54.6 Å². The van der Waals surface area contributed by atoms with Crippen molar-refractivity contribution in [3.8, 4) is 29.0 Å². The molecule has 0 fully saturated rings. The Kier molecular flexibility index (Phi) is 5.86. The molecule has 0 aliphatic rings. The first-order valence-electron chi connectivity index (χ1n) is 8.42. The highest BCUT2D eigenvalue weighted by atomic mass is 16.5. The van der Waals surface area contributed by atoms with Crippen molar-refractivity contribution in [2.45, 2.75) is 6.61 Å². The van der Waals surface area contributed by atoms with Gasteiger partial charge >= 0.3 is 0 Å². The van der Waals surface area contributed by atoms with Gasteiger partial charge in [0.25, 0.3) is 0 Å². The van der Waals surface area contributed by atoms with Crippen molar-refractivity contribution in [1.29, 1.82) is 10.5 Å². The lowest BCUT2D eigenvalue weighted by Gasteiger charge is -2.09. The van der Waals surface area contributed by atoms with E-state index in [0.717, 1.165) is 28.1 Å². The van der Waals surface area contributed by atoms with Crippen LogP contribution in [0.25, 0.3) is 11.1 Å². The average molecular weight is 351 g/mol. The maximum Gasteiger partial charge on any atom is 0.145 e. The van der Waals surface area contributed by atoms with Gasteiger partial charge in [-0.25, -0.2) is 0 Å². The van der Waals surface area contributed by atoms with E-state index in [-0.39, 0.29) is 5.57 Å². The van der Waals surface area contributed by atoms with E-state index in [0.29, 0.717) is 6.61 Å². The minimum atomic E-state index is 0.0299. The molecule has 0 unspecified atom stereocenters. The molecule has 0 spiro atoms.